The second kappa shape index (κ2) is 10.1. The zero-order chi connectivity index (χ0) is 4.28. The Morgan fingerprint density at radius 3 is 1.43 bits per heavy atom. The van der Waals surface area contributed by atoms with Gasteiger partial charge in [-0.15, -0.1) is 12.4 Å². The summed E-state index contributed by atoms with van der Waals surface area (Å²) in [6.45, 7) is 6.64. The molecule has 0 aromatic heterocycles. The van der Waals surface area contributed by atoms with Crippen LogP contribution in [-0.4, -0.2) is 23.1 Å². The largest absolute Gasteiger partial charge is 0.316 e. The first kappa shape index (κ1) is 15.7. The summed E-state index contributed by atoms with van der Waals surface area (Å²) >= 11 is 0. The van der Waals surface area contributed by atoms with E-state index in [2.05, 4.69) is 20.8 Å². The quantitative estimate of drug-likeness (QED) is 0.478. The van der Waals surface area contributed by atoms with Gasteiger partial charge < -0.3 is 0 Å². The van der Waals surface area contributed by atoms with E-state index >= 15 is 0 Å². The van der Waals surface area contributed by atoms with Gasteiger partial charge >= 0.3 is 23.1 Å². The molecule has 0 saturated carbocycles. The first-order valence-electron chi connectivity index (χ1n) is 2.27. The molecule has 2 heteroatoms. The molecule has 0 spiro atoms. The summed E-state index contributed by atoms with van der Waals surface area (Å²) in [5.74, 6) is 0.884. The van der Waals surface area contributed by atoms with E-state index in [0.29, 0.717) is 0 Å². The predicted molar refractivity (Wildman–Crippen MR) is 40.9 cm³/mol. The van der Waals surface area contributed by atoms with Crippen LogP contribution < -0.4 is 0 Å². The third kappa shape index (κ3) is 19.3. The third-order valence-electron chi connectivity index (χ3n) is 0.816. The van der Waals surface area contributed by atoms with E-state index in [1.807, 2.05) is 0 Å². The topological polar surface area (TPSA) is 0 Å². The predicted octanol–water partition coefficient (Wildman–Crippen LogP) is 1.56. The first-order chi connectivity index (χ1) is 2.27. The lowest BCUT2D eigenvalue weighted by atomic mass is 10.2. The molecule has 0 amide bonds. The minimum absolute atomic E-state index is 0. The summed E-state index contributed by atoms with van der Waals surface area (Å²) < 4.78 is 0. The van der Waals surface area contributed by atoms with Crippen molar-refractivity contribution >= 4 is 35.5 Å². The molecule has 7 heavy (non-hydrogen) atoms. The normalized spacial score (nSPS) is 6.86. The van der Waals surface area contributed by atoms with Gasteiger partial charge in [0.15, 0.2) is 0 Å². The monoisotopic (exact) mass is 134 g/mol. The fraction of sp³-hybridized carbons (Fsp3) is 1.00. The SMILES string of the molecule is CCC(C)C.Cl.[MgH2]. The lowest BCUT2D eigenvalue weighted by Crippen LogP contribution is -1.77. The summed E-state index contributed by atoms with van der Waals surface area (Å²) in [4.78, 5) is 0. The van der Waals surface area contributed by atoms with E-state index < -0.39 is 0 Å². The highest BCUT2D eigenvalue weighted by molar-refractivity contribution is 5.85. The molecular formula is C5H15ClMg. The van der Waals surface area contributed by atoms with Crippen molar-refractivity contribution in [1.29, 1.82) is 0 Å². The van der Waals surface area contributed by atoms with Crippen molar-refractivity contribution < 1.29 is 0 Å². The highest BCUT2D eigenvalue weighted by atomic mass is 35.5. The minimum Gasteiger partial charge on any atom is -0.147 e. The smallest absolute Gasteiger partial charge is 0.147 e. The Kier molecular flexibility index (Phi) is 22.7. The lowest BCUT2D eigenvalue weighted by molar-refractivity contribution is 0.626. The third-order valence-corrected chi connectivity index (χ3v) is 0.816. The van der Waals surface area contributed by atoms with Gasteiger partial charge in [0, 0.05) is 0 Å². The van der Waals surface area contributed by atoms with Gasteiger partial charge in [-0.2, -0.15) is 0 Å². The van der Waals surface area contributed by atoms with Crippen molar-refractivity contribution in [2.24, 2.45) is 5.92 Å². The van der Waals surface area contributed by atoms with Crippen molar-refractivity contribution in [1.82, 2.24) is 0 Å². The average Bonchev–Trinajstić information content (AvgIpc) is 1.38. The molecule has 0 radical (unpaired) electrons. The van der Waals surface area contributed by atoms with Crippen molar-refractivity contribution in [3.63, 3.8) is 0 Å². The molecule has 0 bridgehead atoms. The van der Waals surface area contributed by atoms with Crippen LogP contribution in [0.5, 0.6) is 0 Å². The van der Waals surface area contributed by atoms with Crippen LogP contribution in [0.3, 0.4) is 0 Å². The summed E-state index contributed by atoms with van der Waals surface area (Å²) in [5.41, 5.74) is 0. The molecule has 0 aromatic carbocycles. The number of halogens is 1. The van der Waals surface area contributed by atoms with Gasteiger partial charge in [-0.05, 0) is 5.92 Å². The summed E-state index contributed by atoms with van der Waals surface area (Å²) in [6.07, 6.45) is 1.31. The van der Waals surface area contributed by atoms with Crippen LogP contribution >= 0.6 is 12.4 Å². The fourth-order valence-electron chi connectivity index (χ4n) is 0. The minimum atomic E-state index is 0. The fourth-order valence-corrected chi connectivity index (χ4v) is 0. The second-order valence-electron chi connectivity index (χ2n) is 1.80. The van der Waals surface area contributed by atoms with Crippen LogP contribution in [0.2, 0.25) is 0 Å². The van der Waals surface area contributed by atoms with Gasteiger partial charge in [0.2, 0.25) is 0 Å². The number of hydrogen-bond donors (Lipinski definition) is 0. The van der Waals surface area contributed by atoms with Gasteiger partial charge in [0.25, 0.3) is 0 Å². The van der Waals surface area contributed by atoms with Crippen molar-refractivity contribution in [2.75, 3.05) is 0 Å². The van der Waals surface area contributed by atoms with Gasteiger partial charge in [-0.1, -0.05) is 27.2 Å². The Balaban J connectivity index is -0.0000000800. The van der Waals surface area contributed by atoms with Crippen molar-refractivity contribution in [2.45, 2.75) is 27.2 Å². The van der Waals surface area contributed by atoms with Gasteiger partial charge in [0.05, 0.1) is 0 Å². The molecule has 0 aliphatic carbocycles. The van der Waals surface area contributed by atoms with Crippen LogP contribution in [0.15, 0.2) is 0 Å². The van der Waals surface area contributed by atoms with Gasteiger partial charge in [-0.3, -0.25) is 0 Å². The molecule has 44 valence electrons. The molecule has 0 unspecified atom stereocenters. The Hall–Kier alpha value is 1.06. The molecule has 0 aromatic rings. The van der Waals surface area contributed by atoms with E-state index in [4.69, 9.17) is 0 Å². The standard InChI is InChI=1S/C5H12.ClH.Mg.2H/c1-4-5(2)3;;;;/h5H,4H2,1-3H3;1H;;;. The molecule has 0 rings (SSSR count). The Morgan fingerprint density at radius 2 is 1.43 bits per heavy atom. The molecule has 0 heterocycles. The maximum atomic E-state index is 2.22. The molecule has 0 saturated heterocycles. The maximum Gasteiger partial charge on any atom is 0.316 e. The molecule has 0 nitrogen and oxygen atoms in total. The highest BCUT2D eigenvalue weighted by Gasteiger charge is 1.80. The van der Waals surface area contributed by atoms with Crippen molar-refractivity contribution in [3.8, 4) is 0 Å². The first-order valence-corrected chi connectivity index (χ1v) is 2.27. The number of rotatable bonds is 1. The summed E-state index contributed by atoms with van der Waals surface area (Å²) in [5, 5.41) is 0. The van der Waals surface area contributed by atoms with Gasteiger partial charge in [-0.25, -0.2) is 0 Å². The molecule has 0 aliphatic heterocycles. The zero-order valence-corrected chi connectivity index (χ0v) is 5.51. The second-order valence-corrected chi connectivity index (χ2v) is 1.80. The molecule has 0 fully saturated rings. The molecule has 0 aliphatic rings. The van der Waals surface area contributed by atoms with E-state index in [1.54, 1.807) is 0 Å². The average molecular weight is 135 g/mol. The highest BCUT2D eigenvalue weighted by Crippen LogP contribution is 1.93. The van der Waals surface area contributed by atoms with Crippen LogP contribution in [0.25, 0.3) is 0 Å². The van der Waals surface area contributed by atoms with E-state index in [1.165, 1.54) is 6.42 Å². The van der Waals surface area contributed by atoms with Crippen molar-refractivity contribution in [3.05, 3.63) is 0 Å². The van der Waals surface area contributed by atoms with Crippen LogP contribution in [0, 0.1) is 5.92 Å². The maximum absolute atomic E-state index is 2.22. The summed E-state index contributed by atoms with van der Waals surface area (Å²) in [6, 6.07) is 0. The molecular weight excluding hydrogens is 120 g/mol. The molecule has 0 N–H and O–H groups in total. The van der Waals surface area contributed by atoms with E-state index in [0.717, 1.165) is 5.92 Å². The lowest BCUT2D eigenvalue weighted by Gasteiger charge is -1.90. The molecule has 0 atom stereocenters. The van der Waals surface area contributed by atoms with Crippen LogP contribution in [-0.2, 0) is 0 Å². The Morgan fingerprint density at radius 1 is 1.29 bits per heavy atom. The van der Waals surface area contributed by atoms with Crippen LogP contribution in [0.4, 0.5) is 0 Å². The Bertz CT molecular complexity index is 22.0. The van der Waals surface area contributed by atoms with E-state index in [9.17, 15) is 0 Å². The van der Waals surface area contributed by atoms with Crippen LogP contribution in [0.1, 0.15) is 27.2 Å². The number of hydrogen-bond acceptors (Lipinski definition) is 0. The summed E-state index contributed by atoms with van der Waals surface area (Å²) in [7, 11) is 0. The zero-order valence-electron chi connectivity index (χ0n) is 4.69. The Labute approximate surface area is 68.6 Å². The van der Waals surface area contributed by atoms with E-state index in [-0.39, 0.29) is 35.5 Å². The van der Waals surface area contributed by atoms with Gasteiger partial charge in [0.1, 0.15) is 0 Å².